The number of rotatable bonds is 0. The van der Waals surface area contributed by atoms with E-state index < -0.39 is 0 Å². The van der Waals surface area contributed by atoms with Gasteiger partial charge in [0.2, 0.25) is 0 Å². The minimum absolute atomic E-state index is 0.955. The predicted molar refractivity (Wildman–Crippen MR) is 54.7 cm³/mol. The van der Waals surface area contributed by atoms with Crippen molar-refractivity contribution < 1.29 is 0 Å². The monoisotopic (exact) mass is 188 g/mol. The lowest BCUT2D eigenvalue weighted by Gasteiger charge is -1.92. The first-order valence-corrected chi connectivity index (χ1v) is 4.83. The van der Waals surface area contributed by atoms with E-state index in [0.29, 0.717) is 0 Å². The molecule has 0 amide bonds. The second kappa shape index (κ2) is 3.15. The van der Waals surface area contributed by atoms with E-state index in [1.807, 2.05) is 13.8 Å². The molecule has 2 rings (SSSR count). The Balaban J connectivity index is 2.83. The minimum atomic E-state index is 0.955. The van der Waals surface area contributed by atoms with Gasteiger partial charge < -0.3 is 0 Å². The average Bonchev–Trinajstić information content (AvgIpc) is 2.51. The molecular weight excluding hydrogens is 180 g/mol. The summed E-state index contributed by atoms with van der Waals surface area (Å²) in [6.07, 6.45) is 1.79. The molecule has 13 heavy (non-hydrogen) atoms. The Morgan fingerprint density at radius 2 is 2.31 bits per heavy atom. The van der Waals surface area contributed by atoms with E-state index in [-0.39, 0.29) is 0 Å². The highest BCUT2D eigenvalue weighted by Gasteiger charge is 2.05. The van der Waals surface area contributed by atoms with E-state index in [0.717, 1.165) is 21.3 Å². The highest BCUT2D eigenvalue weighted by molar-refractivity contribution is 7.17. The van der Waals surface area contributed by atoms with Crippen molar-refractivity contribution in [3.8, 4) is 11.8 Å². The summed E-state index contributed by atoms with van der Waals surface area (Å²) >= 11 is 1.66. The summed E-state index contributed by atoms with van der Waals surface area (Å²) in [5, 5.41) is 11.1. The Bertz CT molecular complexity index is 502. The predicted octanol–water partition coefficient (Wildman–Crippen LogP) is 2.37. The molecule has 0 aromatic carbocycles. The summed E-state index contributed by atoms with van der Waals surface area (Å²) in [7, 11) is 0. The van der Waals surface area contributed by atoms with Crippen LogP contribution in [0.5, 0.6) is 0 Å². The normalized spacial score (nSPS) is 9.69. The smallest absolute Gasteiger partial charge is 0.0699 e. The largest absolute Gasteiger partial charge is 0.157 e. The summed E-state index contributed by atoms with van der Waals surface area (Å²) in [6.45, 7) is 3.80. The Kier molecular flexibility index (Phi) is 1.99. The number of thiophene rings is 1. The molecule has 0 bridgehead atoms. The molecule has 0 aliphatic carbocycles. The lowest BCUT2D eigenvalue weighted by atomic mass is 10.2. The SMILES string of the molecule is CC#Cc1csc2cnnc(C)c12. The molecule has 0 saturated heterocycles. The van der Waals surface area contributed by atoms with Gasteiger partial charge in [0.15, 0.2) is 0 Å². The molecule has 2 aromatic rings. The van der Waals surface area contributed by atoms with Crippen molar-refractivity contribution >= 4 is 21.4 Å². The van der Waals surface area contributed by atoms with Crippen molar-refractivity contribution in [1.29, 1.82) is 0 Å². The molecule has 2 heterocycles. The molecule has 2 nitrogen and oxygen atoms in total. The van der Waals surface area contributed by atoms with Crippen molar-refractivity contribution in [1.82, 2.24) is 10.2 Å². The quantitative estimate of drug-likeness (QED) is 0.593. The van der Waals surface area contributed by atoms with Crippen LogP contribution in [0, 0.1) is 18.8 Å². The first kappa shape index (κ1) is 8.21. The molecule has 2 aromatic heterocycles. The number of hydrogen-bond donors (Lipinski definition) is 0. The molecular formula is C10H8N2S. The van der Waals surface area contributed by atoms with Gasteiger partial charge in [0.25, 0.3) is 0 Å². The molecule has 0 saturated carbocycles. The molecule has 0 aliphatic rings. The second-order valence-corrected chi connectivity index (χ2v) is 3.60. The van der Waals surface area contributed by atoms with Crippen LogP contribution in [0.3, 0.4) is 0 Å². The Morgan fingerprint density at radius 1 is 1.46 bits per heavy atom. The van der Waals surface area contributed by atoms with Gasteiger partial charge in [-0.1, -0.05) is 5.92 Å². The zero-order valence-corrected chi connectivity index (χ0v) is 8.27. The standard InChI is InChI=1S/C10H8N2S/c1-3-4-8-6-13-9-5-11-12-7(2)10(8)9/h5-6H,1-2H3. The number of hydrogen-bond acceptors (Lipinski definition) is 3. The molecule has 0 aliphatic heterocycles. The summed E-state index contributed by atoms with van der Waals surface area (Å²) in [5.74, 6) is 5.96. The molecule has 0 radical (unpaired) electrons. The first-order chi connectivity index (χ1) is 6.33. The van der Waals surface area contributed by atoms with Crippen LogP contribution in [0.25, 0.3) is 10.1 Å². The van der Waals surface area contributed by atoms with Gasteiger partial charge >= 0.3 is 0 Å². The third-order valence-electron chi connectivity index (χ3n) is 1.82. The highest BCUT2D eigenvalue weighted by Crippen LogP contribution is 2.25. The summed E-state index contributed by atoms with van der Waals surface area (Å²) in [4.78, 5) is 0. The Morgan fingerprint density at radius 3 is 3.08 bits per heavy atom. The maximum Gasteiger partial charge on any atom is 0.0699 e. The van der Waals surface area contributed by atoms with Crippen LogP contribution < -0.4 is 0 Å². The maximum absolute atomic E-state index is 4.01. The Hall–Kier alpha value is -1.40. The van der Waals surface area contributed by atoms with Gasteiger partial charge in [0.05, 0.1) is 16.6 Å². The van der Waals surface area contributed by atoms with Crippen molar-refractivity contribution in [2.75, 3.05) is 0 Å². The van der Waals surface area contributed by atoms with Crippen molar-refractivity contribution in [3.05, 3.63) is 22.8 Å². The van der Waals surface area contributed by atoms with Crippen LogP contribution in [0.15, 0.2) is 11.6 Å². The number of nitrogens with zero attached hydrogens (tertiary/aromatic N) is 2. The van der Waals surface area contributed by atoms with Gasteiger partial charge in [0.1, 0.15) is 0 Å². The fourth-order valence-corrected chi connectivity index (χ4v) is 2.19. The van der Waals surface area contributed by atoms with Gasteiger partial charge in [-0.15, -0.1) is 17.3 Å². The zero-order chi connectivity index (χ0) is 9.26. The van der Waals surface area contributed by atoms with Crippen molar-refractivity contribution in [3.63, 3.8) is 0 Å². The van der Waals surface area contributed by atoms with Gasteiger partial charge in [-0.25, -0.2) is 0 Å². The lowest BCUT2D eigenvalue weighted by molar-refractivity contribution is 1.00. The van der Waals surface area contributed by atoms with Crippen LogP contribution in [0.2, 0.25) is 0 Å². The van der Waals surface area contributed by atoms with Gasteiger partial charge in [-0.3, -0.25) is 0 Å². The van der Waals surface area contributed by atoms with E-state index in [9.17, 15) is 0 Å². The lowest BCUT2D eigenvalue weighted by Crippen LogP contribution is -1.85. The fourth-order valence-electron chi connectivity index (χ4n) is 1.29. The molecule has 64 valence electrons. The van der Waals surface area contributed by atoms with Crippen LogP contribution in [-0.4, -0.2) is 10.2 Å². The topological polar surface area (TPSA) is 25.8 Å². The maximum atomic E-state index is 4.01. The van der Waals surface area contributed by atoms with Crippen LogP contribution in [0.1, 0.15) is 18.2 Å². The number of fused-ring (bicyclic) bond motifs is 1. The molecule has 0 fully saturated rings. The van der Waals surface area contributed by atoms with Crippen molar-refractivity contribution in [2.24, 2.45) is 0 Å². The van der Waals surface area contributed by atoms with Crippen LogP contribution >= 0.6 is 11.3 Å². The molecule has 0 spiro atoms. The minimum Gasteiger partial charge on any atom is -0.157 e. The number of aryl methyl sites for hydroxylation is 1. The summed E-state index contributed by atoms with van der Waals surface area (Å²) < 4.78 is 1.16. The highest BCUT2D eigenvalue weighted by atomic mass is 32.1. The third kappa shape index (κ3) is 1.30. The van der Waals surface area contributed by atoms with E-state index in [1.165, 1.54) is 0 Å². The zero-order valence-electron chi connectivity index (χ0n) is 7.46. The van der Waals surface area contributed by atoms with Gasteiger partial charge in [-0.05, 0) is 13.8 Å². The number of aromatic nitrogens is 2. The molecule has 0 N–H and O–H groups in total. The van der Waals surface area contributed by atoms with E-state index in [1.54, 1.807) is 17.5 Å². The fraction of sp³-hybridized carbons (Fsp3) is 0.200. The van der Waals surface area contributed by atoms with Gasteiger partial charge in [-0.2, -0.15) is 10.2 Å². The Labute approximate surface area is 80.6 Å². The molecule has 3 heteroatoms. The first-order valence-electron chi connectivity index (χ1n) is 3.95. The second-order valence-electron chi connectivity index (χ2n) is 2.69. The van der Waals surface area contributed by atoms with E-state index in [4.69, 9.17) is 0 Å². The third-order valence-corrected chi connectivity index (χ3v) is 2.74. The summed E-state index contributed by atoms with van der Waals surface area (Å²) in [6, 6.07) is 0. The van der Waals surface area contributed by atoms with Crippen molar-refractivity contribution in [2.45, 2.75) is 13.8 Å². The molecule has 0 atom stereocenters. The van der Waals surface area contributed by atoms with E-state index >= 15 is 0 Å². The summed E-state index contributed by atoms with van der Waals surface area (Å²) in [5.41, 5.74) is 2.02. The average molecular weight is 188 g/mol. The molecule has 0 unspecified atom stereocenters. The van der Waals surface area contributed by atoms with Crippen LogP contribution in [0.4, 0.5) is 0 Å². The van der Waals surface area contributed by atoms with Crippen LogP contribution in [-0.2, 0) is 0 Å². The van der Waals surface area contributed by atoms with Gasteiger partial charge in [0, 0.05) is 16.3 Å². The van der Waals surface area contributed by atoms with E-state index in [2.05, 4.69) is 27.4 Å².